The van der Waals surface area contributed by atoms with E-state index in [1.54, 1.807) is 0 Å². The van der Waals surface area contributed by atoms with Crippen molar-refractivity contribution < 1.29 is 14.4 Å². The van der Waals surface area contributed by atoms with E-state index >= 15 is 0 Å². The molecule has 1 aliphatic rings. The van der Waals surface area contributed by atoms with Gasteiger partial charge in [-0.1, -0.05) is 0 Å². The lowest BCUT2D eigenvalue weighted by Crippen LogP contribution is -2.39. The van der Waals surface area contributed by atoms with E-state index in [1.807, 2.05) is 6.07 Å². The first-order chi connectivity index (χ1) is 10.9. The van der Waals surface area contributed by atoms with E-state index in [0.29, 0.717) is 23.6 Å². The Kier molecular flexibility index (Phi) is 6.41. The highest BCUT2D eigenvalue weighted by Gasteiger charge is 2.24. The highest BCUT2D eigenvalue weighted by molar-refractivity contribution is 7.80. The molecule has 1 heterocycles. The molecule has 1 aliphatic carbocycles. The van der Waals surface area contributed by atoms with E-state index in [0.717, 1.165) is 25.0 Å². The van der Waals surface area contributed by atoms with Gasteiger partial charge in [0.1, 0.15) is 5.78 Å². The fourth-order valence-corrected chi connectivity index (χ4v) is 4.34. The number of carbonyl (C=O) groups is 3. The van der Waals surface area contributed by atoms with Gasteiger partial charge in [0.05, 0.1) is 10.9 Å². The highest BCUT2D eigenvalue weighted by Crippen LogP contribution is 2.32. The van der Waals surface area contributed by atoms with Gasteiger partial charge in [0.25, 0.3) is 5.91 Å². The van der Waals surface area contributed by atoms with Gasteiger partial charge < -0.3 is 10.1 Å². The van der Waals surface area contributed by atoms with Gasteiger partial charge in [-0.05, 0) is 62.8 Å². The maximum Gasteiger partial charge on any atom is 0.261 e. The molecule has 2 atom stereocenters. The van der Waals surface area contributed by atoms with Crippen molar-refractivity contribution >= 4 is 41.4 Å². The lowest BCUT2D eigenvalue weighted by atomic mass is 9.90. The van der Waals surface area contributed by atoms with Crippen LogP contribution in [-0.4, -0.2) is 29.3 Å². The van der Waals surface area contributed by atoms with Crippen LogP contribution in [0.15, 0.2) is 6.07 Å². The fraction of sp³-hybridized carbons (Fsp3) is 0.588. The lowest BCUT2D eigenvalue weighted by Gasteiger charge is -2.19. The standard InChI is InChI=1S/C17H23NO3S2/c1-10(19)3-6-14(11(2)20)18-17(21)16-8-13-5-4-12(9-22)7-15(13)23-16/h8,12,14,22H,3-7,9H2,1-2H3,(H,18,21). The van der Waals surface area contributed by atoms with Crippen molar-refractivity contribution in [2.45, 2.75) is 52.0 Å². The van der Waals surface area contributed by atoms with Gasteiger partial charge in [-0.25, -0.2) is 0 Å². The van der Waals surface area contributed by atoms with Crippen LogP contribution in [0.1, 0.15) is 53.2 Å². The van der Waals surface area contributed by atoms with Gasteiger partial charge >= 0.3 is 0 Å². The Morgan fingerprint density at radius 1 is 1.39 bits per heavy atom. The van der Waals surface area contributed by atoms with Crippen molar-refractivity contribution in [2.24, 2.45) is 5.92 Å². The Morgan fingerprint density at radius 2 is 2.13 bits per heavy atom. The molecule has 1 amide bonds. The first-order valence-electron chi connectivity index (χ1n) is 7.94. The number of thiophene rings is 1. The van der Waals surface area contributed by atoms with Gasteiger partial charge in [0.2, 0.25) is 0 Å². The Morgan fingerprint density at radius 3 is 2.74 bits per heavy atom. The van der Waals surface area contributed by atoms with Crippen LogP contribution in [-0.2, 0) is 22.4 Å². The van der Waals surface area contributed by atoms with Gasteiger partial charge in [-0.2, -0.15) is 12.6 Å². The summed E-state index contributed by atoms with van der Waals surface area (Å²) in [7, 11) is 0. The minimum absolute atomic E-state index is 0.0230. The average Bonchev–Trinajstić information content (AvgIpc) is 2.93. The number of amides is 1. The Balaban J connectivity index is 2.04. The summed E-state index contributed by atoms with van der Waals surface area (Å²) in [5.74, 6) is 1.15. The molecule has 23 heavy (non-hydrogen) atoms. The molecule has 0 saturated carbocycles. The SMILES string of the molecule is CC(=O)CCC(NC(=O)c1cc2c(s1)CC(CS)CC2)C(C)=O. The summed E-state index contributed by atoms with van der Waals surface area (Å²) in [6, 6.07) is 1.36. The van der Waals surface area contributed by atoms with Crippen molar-refractivity contribution in [3.63, 3.8) is 0 Å². The van der Waals surface area contributed by atoms with Crippen LogP contribution in [0.25, 0.3) is 0 Å². The summed E-state index contributed by atoms with van der Waals surface area (Å²) in [6.45, 7) is 2.94. The van der Waals surface area contributed by atoms with Crippen LogP contribution in [0.3, 0.4) is 0 Å². The molecule has 126 valence electrons. The lowest BCUT2D eigenvalue weighted by molar-refractivity contribution is -0.119. The average molecular weight is 354 g/mol. The number of hydrogen-bond donors (Lipinski definition) is 2. The molecule has 6 heteroatoms. The number of ketones is 2. The molecule has 4 nitrogen and oxygen atoms in total. The number of carbonyl (C=O) groups excluding carboxylic acids is 3. The van der Waals surface area contributed by atoms with Gasteiger partial charge in [-0.15, -0.1) is 11.3 Å². The smallest absolute Gasteiger partial charge is 0.261 e. The number of rotatable bonds is 7. The van der Waals surface area contributed by atoms with Crippen molar-refractivity contribution in [2.75, 3.05) is 5.75 Å². The first-order valence-corrected chi connectivity index (χ1v) is 9.38. The summed E-state index contributed by atoms with van der Waals surface area (Å²) in [5, 5.41) is 2.78. The summed E-state index contributed by atoms with van der Waals surface area (Å²) >= 11 is 5.89. The molecule has 2 unspecified atom stereocenters. The van der Waals surface area contributed by atoms with E-state index in [-0.39, 0.29) is 17.5 Å². The van der Waals surface area contributed by atoms with Crippen LogP contribution >= 0.6 is 24.0 Å². The number of nitrogens with one attached hydrogen (secondary N) is 1. The third-order valence-corrected chi connectivity index (χ3v) is 5.97. The minimum Gasteiger partial charge on any atom is -0.342 e. The summed E-state index contributed by atoms with van der Waals surface area (Å²) < 4.78 is 0. The second kappa shape index (κ2) is 8.11. The number of fused-ring (bicyclic) bond motifs is 1. The highest BCUT2D eigenvalue weighted by atomic mass is 32.1. The number of Topliss-reactive ketones (excluding diaryl/α,β-unsaturated/α-hetero) is 2. The topological polar surface area (TPSA) is 63.2 Å². The maximum absolute atomic E-state index is 12.4. The molecule has 0 bridgehead atoms. The van der Waals surface area contributed by atoms with E-state index in [1.165, 1.54) is 35.6 Å². The minimum atomic E-state index is -0.587. The van der Waals surface area contributed by atoms with E-state index < -0.39 is 6.04 Å². The van der Waals surface area contributed by atoms with E-state index in [9.17, 15) is 14.4 Å². The third-order valence-electron chi connectivity index (χ3n) is 4.26. The summed E-state index contributed by atoms with van der Waals surface area (Å²) in [4.78, 5) is 37.1. The molecular formula is C17H23NO3S2. The van der Waals surface area contributed by atoms with Crippen molar-refractivity contribution in [1.29, 1.82) is 0 Å². The van der Waals surface area contributed by atoms with Crippen LogP contribution in [0.4, 0.5) is 0 Å². The van der Waals surface area contributed by atoms with E-state index in [4.69, 9.17) is 0 Å². The zero-order valence-electron chi connectivity index (χ0n) is 13.6. The molecule has 1 aromatic rings. The van der Waals surface area contributed by atoms with Crippen LogP contribution in [0.5, 0.6) is 0 Å². The monoisotopic (exact) mass is 353 g/mol. The van der Waals surface area contributed by atoms with Gasteiger partial charge in [0.15, 0.2) is 5.78 Å². The molecule has 0 saturated heterocycles. The maximum atomic E-state index is 12.4. The van der Waals surface area contributed by atoms with Crippen molar-refractivity contribution in [3.8, 4) is 0 Å². The molecule has 0 spiro atoms. The molecule has 1 aromatic heterocycles. The number of hydrogen-bond acceptors (Lipinski definition) is 5. The second-order valence-electron chi connectivity index (χ2n) is 6.23. The zero-order chi connectivity index (χ0) is 17.0. The Labute approximate surface area is 146 Å². The summed E-state index contributed by atoms with van der Waals surface area (Å²) in [6.07, 6.45) is 3.75. The first kappa shape index (κ1) is 18.2. The molecule has 2 rings (SSSR count). The Hall–Kier alpha value is -1.14. The largest absolute Gasteiger partial charge is 0.342 e. The molecule has 0 fully saturated rings. The zero-order valence-corrected chi connectivity index (χ0v) is 15.3. The molecular weight excluding hydrogens is 330 g/mol. The van der Waals surface area contributed by atoms with E-state index in [2.05, 4.69) is 17.9 Å². The molecule has 0 aliphatic heterocycles. The third kappa shape index (κ3) is 4.91. The predicted octanol–water partition coefficient (Wildman–Crippen LogP) is 2.84. The fourth-order valence-electron chi connectivity index (χ4n) is 2.80. The number of thiol groups is 1. The van der Waals surface area contributed by atoms with Crippen molar-refractivity contribution in [1.82, 2.24) is 5.32 Å². The summed E-state index contributed by atoms with van der Waals surface area (Å²) in [5.41, 5.74) is 1.25. The predicted molar refractivity (Wildman–Crippen MR) is 95.5 cm³/mol. The van der Waals surface area contributed by atoms with Crippen molar-refractivity contribution in [3.05, 3.63) is 21.4 Å². The van der Waals surface area contributed by atoms with Crippen LogP contribution < -0.4 is 5.32 Å². The normalized spacial score (nSPS) is 18.1. The molecule has 0 aromatic carbocycles. The molecule has 0 radical (unpaired) electrons. The Bertz CT molecular complexity index is 609. The second-order valence-corrected chi connectivity index (χ2v) is 7.73. The van der Waals surface area contributed by atoms with Crippen LogP contribution in [0.2, 0.25) is 0 Å². The van der Waals surface area contributed by atoms with Gasteiger partial charge in [0, 0.05) is 11.3 Å². The molecule has 1 N–H and O–H groups in total. The quantitative estimate of drug-likeness (QED) is 0.741. The number of aryl methyl sites for hydroxylation is 1. The van der Waals surface area contributed by atoms with Gasteiger partial charge in [-0.3, -0.25) is 9.59 Å². The van der Waals surface area contributed by atoms with Crippen LogP contribution in [0, 0.1) is 5.92 Å².